The van der Waals surface area contributed by atoms with Crippen LogP contribution in [0.3, 0.4) is 0 Å². The van der Waals surface area contributed by atoms with Gasteiger partial charge in [-0.15, -0.1) is 0 Å². The van der Waals surface area contributed by atoms with Crippen molar-refractivity contribution in [3.63, 3.8) is 0 Å². The zero-order valence-electron chi connectivity index (χ0n) is 17.5. The second-order valence-corrected chi connectivity index (χ2v) is 8.09. The Balaban J connectivity index is 1.34. The fourth-order valence-electron chi connectivity index (χ4n) is 4.21. The van der Waals surface area contributed by atoms with Gasteiger partial charge in [0.05, 0.1) is 23.3 Å². The van der Waals surface area contributed by atoms with Crippen LogP contribution >= 0.6 is 0 Å². The third kappa shape index (κ3) is 4.33. The van der Waals surface area contributed by atoms with Crippen molar-refractivity contribution in [1.29, 1.82) is 5.26 Å². The van der Waals surface area contributed by atoms with Gasteiger partial charge < -0.3 is 15.2 Å². The fourth-order valence-corrected chi connectivity index (χ4v) is 4.21. The number of amides is 1. The molecule has 166 valence electrons. The number of alkyl halides is 1. The van der Waals surface area contributed by atoms with Crippen molar-refractivity contribution in [2.24, 2.45) is 0 Å². The third-order valence-electron chi connectivity index (χ3n) is 6.08. The molecule has 3 heterocycles. The molecule has 2 aliphatic rings. The maximum atomic E-state index is 14.8. The summed E-state index contributed by atoms with van der Waals surface area (Å²) < 4.78 is 19.9. The molecule has 32 heavy (non-hydrogen) atoms. The van der Waals surface area contributed by atoms with Gasteiger partial charge in [0.2, 0.25) is 0 Å². The summed E-state index contributed by atoms with van der Waals surface area (Å²) in [7, 11) is 0. The highest BCUT2D eigenvalue weighted by Gasteiger charge is 2.32. The molecule has 1 aromatic heterocycles. The number of hydrogen-bond donors (Lipinski definition) is 2. The Morgan fingerprint density at radius 2 is 2.25 bits per heavy atom. The molecule has 8 nitrogen and oxygen atoms in total. The predicted molar refractivity (Wildman–Crippen MR) is 111 cm³/mol. The number of nitrogens with one attached hydrogen (secondary N) is 1. The molecular formula is C23H23FN4O4. The number of benzene rings is 1. The summed E-state index contributed by atoms with van der Waals surface area (Å²) in [6.07, 6.45) is -0.434. The Bertz CT molecular complexity index is 1080. The minimum absolute atomic E-state index is 0.0826. The molecule has 0 bridgehead atoms. The molecule has 0 radical (unpaired) electrons. The maximum absolute atomic E-state index is 14.8. The Labute approximate surface area is 184 Å². The highest BCUT2D eigenvalue weighted by atomic mass is 19.1. The first-order valence-electron chi connectivity index (χ1n) is 10.4. The number of fused-ring (bicyclic) bond motifs is 1. The lowest BCUT2D eigenvalue weighted by Gasteiger charge is -2.36. The normalized spacial score (nSPS) is 21.4. The minimum atomic E-state index is -1.29. The Kier molecular flexibility index (Phi) is 6.17. The van der Waals surface area contributed by atoms with Crippen LogP contribution in [0.4, 0.5) is 4.39 Å². The van der Waals surface area contributed by atoms with Crippen molar-refractivity contribution in [2.75, 3.05) is 19.6 Å². The quantitative estimate of drug-likeness (QED) is 0.684. The van der Waals surface area contributed by atoms with E-state index in [1.165, 1.54) is 18.3 Å². The number of halogens is 1. The van der Waals surface area contributed by atoms with Crippen LogP contribution in [0.5, 0.6) is 0 Å². The number of aliphatic hydroxyl groups excluding tert-OH is 1. The molecule has 1 fully saturated rings. The summed E-state index contributed by atoms with van der Waals surface area (Å²) in [4.78, 5) is 29.8. The zero-order chi connectivity index (χ0) is 22.8. The smallest absolute Gasteiger partial charge is 0.338 e. The lowest BCUT2D eigenvalue weighted by Crippen LogP contribution is -2.53. The van der Waals surface area contributed by atoms with Gasteiger partial charge >= 0.3 is 5.97 Å². The monoisotopic (exact) mass is 438 g/mol. The Morgan fingerprint density at radius 3 is 2.94 bits per heavy atom. The fraction of sp³-hybridized carbons (Fsp3) is 0.391. The van der Waals surface area contributed by atoms with Gasteiger partial charge in [-0.05, 0) is 42.7 Å². The van der Waals surface area contributed by atoms with E-state index in [4.69, 9.17) is 10.00 Å². The number of aromatic nitrogens is 1. The van der Waals surface area contributed by atoms with Gasteiger partial charge in [-0.2, -0.15) is 5.26 Å². The van der Waals surface area contributed by atoms with Gasteiger partial charge in [0, 0.05) is 31.4 Å². The molecule has 0 unspecified atom stereocenters. The summed E-state index contributed by atoms with van der Waals surface area (Å²) >= 11 is 0. The average molecular weight is 438 g/mol. The van der Waals surface area contributed by atoms with Gasteiger partial charge in [0.15, 0.2) is 0 Å². The molecule has 2 aliphatic heterocycles. The van der Waals surface area contributed by atoms with Gasteiger partial charge in [-0.1, -0.05) is 6.07 Å². The highest BCUT2D eigenvalue weighted by Crippen LogP contribution is 2.30. The minimum Gasteiger partial charge on any atom is -0.457 e. The van der Waals surface area contributed by atoms with E-state index in [1.54, 1.807) is 12.1 Å². The van der Waals surface area contributed by atoms with Crippen LogP contribution in [0.1, 0.15) is 55.6 Å². The number of pyridine rings is 1. The van der Waals surface area contributed by atoms with E-state index in [9.17, 15) is 19.1 Å². The van der Waals surface area contributed by atoms with Crippen molar-refractivity contribution in [3.05, 3.63) is 64.0 Å². The molecule has 2 N–H and O–H groups in total. The molecule has 9 heteroatoms. The summed E-state index contributed by atoms with van der Waals surface area (Å²) in [5.41, 5.74) is 3.29. The average Bonchev–Trinajstić information content (AvgIpc) is 3.17. The highest BCUT2D eigenvalue weighted by molar-refractivity contribution is 5.94. The number of nitriles is 1. The van der Waals surface area contributed by atoms with Crippen LogP contribution in [-0.4, -0.2) is 58.7 Å². The van der Waals surface area contributed by atoms with Crippen molar-refractivity contribution >= 4 is 11.9 Å². The first kappa shape index (κ1) is 21.9. The van der Waals surface area contributed by atoms with Crippen molar-refractivity contribution < 1.29 is 23.8 Å². The van der Waals surface area contributed by atoms with E-state index in [0.717, 1.165) is 11.1 Å². The molecule has 0 saturated carbocycles. The lowest BCUT2D eigenvalue weighted by atomic mass is 9.94. The number of likely N-dealkylation sites (tertiary alicyclic amines) is 1. The molecule has 4 rings (SSSR count). The molecular weight excluding hydrogens is 415 g/mol. The summed E-state index contributed by atoms with van der Waals surface area (Å²) in [6.45, 7) is 2.89. The predicted octanol–water partition coefficient (Wildman–Crippen LogP) is 1.81. The molecule has 1 aromatic carbocycles. The van der Waals surface area contributed by atoms with E-state index in [-0.39, 0.29) is 36.9 Å². The number of cyclic esters (lactones) is 1. The number of hydrogen-bond acceptors (Lipinski definition) is 7. The number of aliphatic hydroxyl groups is 1. The zero-order valence-corrected chi connectivity index (χ0v) is 17.5. The van der Waals surface area contributed by atoms with Crippen LogP contribution in [0.2, 0.25) is 0 Å². The summed E-state index contributed by atoms with van der Waals surface area (Å²) in [6, 6.07) is 7.54. The van der Waals surface area contributed by atoms with Crippen LogP contribution in [0.25, 0.3) is 0 Å². The summed E-state index contributed by atoms with van der Waals surface area (Å²) in [5, 5.41) is 22.2. The number of piperidine rings is 1. The molecule has 1 saturated heterocycles. The van der Waals surface area contributed by atoms with Crippen LogP contribution in [0, 0.1) is 18.3 Å². The first-order valence-corrected chi connectivity index (χ1v) is 10.4. The molecule has 0 spiro atoms. The number of rotatable bonds is 5. The number of esters is 1. The second kappa shape index (κ2) is 9.02. The number of ether oxygens (including phenoxy) is 1. The summed E-state index contributed by atoms with van der Waals surface area (Å²) in [5.74, 6) is -0.793. The van der Waals surface area contributed by atoms with Gasteiger partial charge in [0.1, 0.15) is 24.5 Å². The topological polar surface area (TPSA) is 116 Å². The number of carbonyl (C=O) groups excluding carboxylic acids is 2. The van der Waals surface area contributed by atoms with Crippen LogP contribution in [-0.2, 0) is 11.3 Å². The maximum Gasteiger partial charge on any atom is 0.338 e. The molecule has 1 amide bonds. The SMILES string of the molecule is Cc1c([C@@H](O)CN2CC[C@@H](NC(=O)c3ccc(C#N)nc3)[C@@H](F)C2)ccc2c1COC2=O. The second-order valence-electron chi connectivity index (χ2n) is 8.09. The number of β-amino-alcohol motifs (C(OH)–C–C–N with tert-alkyl or cyclic N) is 1. The van der Waals surface area contributed by atoms with E-state index in [2.05, 4.69) is 10.3 Å². The van der Waals surface area contributed by atoms with Crippen LogP contribution < -0.4 is 5.32 Å². The van der Waals surface area contributed by atoms with E-state index < -0.39 is 24.2 Å². The third-order valence-corrected chi connectivity index (χ3v) is 6.08. The van der Waals surface area contributed by atoms with Crippen molar-refractivity contribution in [2.45, 2.75) is 38.3 Å². The molecule has 0 aliphatic carbocycles. The first-order chi connectivity index (χ1) is 15.4. The van der Waals surface area contributed by atoms with Gasteiger partial charge in [0.25, 0.3) is 5.91 Å². The lowest BCUT2D eigenvalue weighted by molar-refractivity contribution is 0.0527. The van der Waals surface area contributed by atoms with Crippen molar-refractivity contribution in [1.82, 2.24) is 15.2 Å². The largest absolute Gasteiger partial charge is 0.457 e. The Hall–Kier alpha value is -3.35. The van der Waals surface area contributed by atoms with Gasteiger partial charge in [-0.25, -0.2) is 14.2 Å². The number of carbonyl (C=O) groups is 2. The Morgan fingerprint density at radius 1 is 1.44 bits per heavy atom. The van der Waals surface area contributed by atoms with Crippen LogP contribution in [0.15, 0.2) is 30.5 Å². The van der Waals surface area contributed by atoms with Gasteiger partial charge in [-0.3, -0.25) is 9.69 Å². The molecule has 3 atom stereocenters. The number of nitrogens with zero attached hydrogens (tertiary/aromatic N) is 3. The molecule has 2 aromatic rings. The van der Waals surface area contributed by atoms with E-state index in [1.807, 2.05) is 17.9 Å². The van der Waals surface area contributed by atoms with E-state index >= 15 is 0 Å². The van der Waals surface area contributed by atoms with E-state index in [0.29, 0.717) is 24.1 Å². The van der Waals surface area contributed by atoms with Crippen molar-refractivity contribution in [3.8, 4) is 6.07 Å². The standard InChI is InChI=1S/C23H23FN4O4/c1-13-16(4-5-17-18(13)12-32-23(17)31)21(29)11-28-7-6-20(19(24)10-28)27-22(30)14-2-3-15(8-25)26-9-14/h2-5,9,19-21,29H,6-7,10-12H2,1H3,(H,27,30)/t19-,20+,21-/m0/s1.